The fourth-order valence-electron chi connectivity index (χ4n) is 2.35. The van der Waals surface area contributed by atoms with E-state index < -0.39 is 16.8 Å². The highest BCUT2D eigenvalue weighted by Gasteiger charge is 2.27. The zero-order valence-electron chi connectivity index (χ0n) is 12.0. The molecule has 0 bridgehead atoms. The molecule has 1 heterocycles. The van der Waals surface area contributed by atoms with Gasteiger partial charge in [-0.15, -0.1) is 0 Å². The highest BCUT2D eigenvalue weighted by Crippen LogP contribution is 2.30. The molecule has 1 unspecified atom stereocenters. The van der Waals surface area contributed by atoms with Crippen LogP contribution < -0.4 is 0 Å². The topological polar surface area (TPSA) is 82.6 Å². The van der Waals surface area contributed by atoms with Crippen LogP contribution in [0.4, 0.5) is 0 Å². The normalized spacial score (nSPS) is 12.3. The number of nitrogens with zero attached hydrogens (tertiary/aromatic N) is 1. The quantitative estimate of drug-likeness (QED) is 0.464. The molecule has 6 nitrogen and oxygen atoms in total. The van der Waals surface area contributed by atoms with E-state index in [1.54, 1.807) is 13.2 Å². The summed E-state index contributed by atoms with van der Waals surface area (Å²) in [6.07, 6.45) is 1.50. The lowest BCUT2D eigenvalue weighted by Crippen LogP contribution is -2.17. The Hall–Kier alpha value is -2.37. The number of esters is 1. The Kier molecular flexibility index (Phi) is 4.57. The predicted molar refractivity (Wildman–Crippen MR) is 76.8 cm³/mol. The molecule has 6 heteroatoms. The van der Waals surface area contributed by atoms with Crippen LogP contribution in [0.3, 0.4) is 0 Å². The van der Waals surface area contributed by atoms with Gasteiger partial charge in [0.05, 0.1) is 25.2 Å². The van der Waals surface area contributed by atoms with Crippen molar-refractivity contribution >= 4 is 16.7 Å². The van der Waals surface area contributed by atoms with Crippen LogP contribution in [0.15, 0.2) is 28.9 Å². The first-order valence-corrected chi connectivity index (χ1v) is 6.76. The molecule has 0 N–H and O–H groups in total. The number of benzene rings is 1. The number of hydrogen-bond donors (Lipinski definition) is 0. The third-order valence-electron chi connectivity index (χ3n) is 3.24. The largest absolute Gasteiger partial charge is 0.467 e. The maximum Gasteiger partial charge on any atom is 0.306 e. The molecule has 0 radical (unpaired) electrons. The summed E-state index contributed by atoms with van der Waals surface area (Å²) in [4.78, 5) is 22.0. The van der Waals surface area contributed by atoms with Gasteiger partial charge in [0.25, 0.3) is 0 Å². The Morgan fingerprint density at radius 1 is 1.48 bits per heavy atom. The van der Waals surface area contributed by atoms with Crippen LogP contribution in [0, 0.1) is 17.0 Å². The second-order valence-corrected chi connectivity index (χ2v) is 4.91. The van der Waals surface area contributed by atoms with Gasteiger partial charge in [-0.3, -0.25) is 14.9 Å². The minimum absolute atomic E-state index is 0.0642. The van der Waals surface area contributed by atoms with Crippen LogP contribution in [0.1, 0.15) is 30.6 Å². The molecule has 0 aliphatic rings. The Balaban J connectivity index is 2.33. The average molecular weight is 291 g/mol. The predicted octanol–water partition coefficient (Wildman–Crippen LogP) is 3.05. The van der Waals surface area contributed by atoms with Crippen molar-refractivity contribution in [3.8, 4) is 0 Å². The molecule has 0 aliphatic carbocycles. The molecule has 0 saturated carbocycles. The molecule has 0 amide bonds. The first-order chi connectivity index (χ1) is 10.0. The molecule has 1 aromatic carbocycles. The van der Waals surface area contributed by atoms with E-state index in [-0.39, 0.29) is 19.6 Å². The zero-order valence-corrected chi connectivity index (χ0v) is 12.0. The van der Waals surface area contributed by atoms with E-state index in [2.05, 4.69) is 0 Å². The summed E-state index contributed by atoms with van der Waals surface area (Å²) in [5.74, 6) is -0.616. The third-order valence-corrected chi connectivity index (χ3v) is 3.24. The molecular formula is C15H17NO5. The van der Waals surface area contributed by atoms with Gasteiger partial charge in [0, 0.05) is 15.7 Å². The number of ether oxygens (including phenoxy) is 1. The minimum atomic E-state index is -0.626. The Bertz CT molecular complexity index is 661. The number of nitro groups is 1. The molecule has 1 aromatic heterocycles. The number of furan rings is 1. The zero-order chi connectivity index (χ0) is 15.4. The van der Waals surface area contributed by atoms with Crippen molar-refractivity contribution in [3.05, 3.63) is 45.9 Å². The molecule has 2 rings (SSSR count). The summed E-state index contributed by atoms with van der Waals surface area (Å²) in [6, 6.07) is 5.71. The van der Waals surface area contributed by atoms with E-state index in [4.69, 9.17) is 9.15 Å². The van der Waals surface area contributed by atoms with Gasteiger partial charge in [0.1, 0.15) is 5.76 Å². The number of hydrogen-bond acceptors (Lipinski definition) is 5. The third kappa shape index (κ3) is 3.59. The molecule has 21 heavy (non-hydrogen) atoms. The van der Waals surface area contributed by atoms with Gasteiger partial charge < -0.3 is 9.15 Å². The Morgan fingerprint density at radius 2 is 2.24 bits per heavy atom. The molecule has 2 aromatic rings. The van der Waals surface area contributed by atoms with Crippen molar-refractivity contribution < 1.29 is 18.9 Å². The summed E-state index contributed by atoms with van der Waals surface area (Å²) < 4.78 is 10.4. The second kappa shape index (κ2) is 6.39. The average Bonchev–Trinajstić information content (AvgIpc) is 2.80. The van der Waals surface area contributed by atoms with Gasteiger partial charge in [-0.1, -0.05) is 17.7 Å². The number of rotatable bonds is 6. The first kappa shape index (κ1) is 15.0. The fourth-order valence-corrected chi connectivity index (χ4v) is 2.35. The maximum absolute atomic E-state index is 11.6. The Labute approximate surface area is 121 Å². The summed E-state index contributed by atoms with van der Waals surface area (Å²) in [5, 5.41) is 12.5. The van der Waals surface area contributed by atoms with Crippen LogP contribution in [0.5, 0.6) is 0 Å². The number of carbonyl (C=O) groups is 1. The minimum Gasteiger partial charge on any atom is -0.467 e. The lowest BCUT2D eigenvalue weighted by atomic mass is 9.98. The van der Waals surface area contributed by atoms with Crippen LogP contribution in [0.2, 0.25) is 0 Å². The van der Waals surface area contributed by atoms with E-state index >= 15 is 0 Å². The summed E-state index contributed by atoms with van der Waals surface area (Å²) in [6.45, 7) is 3.54. The van der Waals surface area contributed by atoms with Crippen LogP contribution in [0.25, 0.3) is 10.8 Å². The molecule has 0 fully saturated rings. The smallest absolute Gasteiger partial charge is 0.306 e. The SMILES string of the molecule is CCOC(=O)CC(C[N+](=O)[O-])c1occ2cc(C)ccc12. The van der Waals surface area contributed by atoms with E-state index in [9.17, 15) is 14.9 Å². The van der Waals surface area contributed by atoms with Gasteiger partial charge in [-0.05, 0) is 19.9 Å². The van der Waals surface area contributed by atoms with Gasteiger partial charge >= 0.3 is 5.97 Å². The summed E-state index contributed by atoms with van der Waals surface area (Å²) >= 11 is 0. The second-order valence-electron chi connectivity index (χ2n) is 4.91. The van der Waals surface area contributed by atoms with E-state index in [0.29, 0.717) is 5.76 Å². The van der Waals surface area contributed by atoms with E-state index in [1.165, 1.54) is 0 Å². The molecular weight excluding hydrogens is 274 g/mol. The Morgan fingerprint density at radius 3 is 2.90 bits per heavy atom. The van der Waals surface area contributed by atoms with Crippen LogP contribution in [-0.2, 0) is 9.53 Å². The fraction of sp³-hybridized carbons (Fsp3) is 0.400. The van der Waals surface area contributed by atoms with Crippen LogP contribution >= 0.6 is 0 Å². The highest BCUT2D eigenvalue weighted by molar-refractivity contribution is 5.85. The van der Waals surface area contributed by atoms with Crippen molar-refractivity contribution in [1.82, 2.24) is 0 Å². The van der Waals surface area contributed by atoms with Crippen molar-refractivity contribution in [1.29, 1.82) is 0 Å². The lowest BCUT2D eigenvalue weighted by Gasteiger charge is -2.10. The molecule has 0 spiro atoms. The molecule has 1 atom stereocenters. The molecule has 112 valence electrons. The van der Waals surface area contributed by atoms with Gasteiger partial charge in [0.2, 0.25) is 6.54 Å². The maximum atomic E-state index is 11.6. The van der Waals surface area contributed by atoms with Gasteiger partial charge in [0.15, 0.2) is 0 Å². The van der Waals surface area contributed by atoms with E-state index in [0.717, 1.165) is 16.3 Å². The summed E-state index contributed by atoms with van der Waals surface area (Å²) in [7, 11) is 0. The van der Waals surface area contributed by atoms with Crippen molar-refractivity contribution in [2.75, 3.05) is 13.2 Å². The lowest BCUT2D eigenvalue weighted by molar-refractivity contribution is -0.483. The number of aryl methyl sites for hydroxylation is 1. The van der Waals surface area contributed by atoms with E-state index in [1.807, 2.05) is 25.1 Å². The van der Waals surface area contributed by atoms with Crippen molar-refractivity contribution in [2.45, 2.75) is 26.2 Å². The van der Waals surface area contributed by atoms with Gasteiger partial charge in [-0.25, -0.2) is 0 Å². The first-order valence-electron chi connectivity index (χ1n) is 6.76. The van der Waals surface area contributed by atoms with Crippen LogP contribution in [-0.4, -0.2) is 24.0 Å². The standard InChI is InChI=1S/C15H17NO5/c1-3-20-14(17)7-11(8-16(18)19)15-13-5-4-10(2)6-12(13)9-21-15/h4-6,9,11H,3,7-8H2,1-2H3. The van der Waals surface area contributed by atoms with Crippen molar-refractivity contribution in [2.24, 2.45) is 0 Å². The number of carbonyl (C=O) groups excluding carboxylic acids is 1. The van der Waals surface area contributed by atoms with Crippen molar-refractivity contribution in [3.63, 3.8) is 0 Å². The number of fused-ring (bicyclic) bond motifs is 1. The molecule has 0 saturated heterocycles. The monoisotopic (exact) mass is 291 g/mol. The summed E-state index contributed by atoms with van der Waals surface area (Å²) in [5.41, 5.74) is 1.08. The highest BCUT2D eigenvalue weighted by atomic mass is 16.6. The molecule has 0 aliphatic heterocycles. The van der Waals surface area contributed by atoms with Gasteiger partial charge in [-0.2, -0.15) is 0 Å².